The van der Waals surface area contributed by atoms with E-state index in [-0.39, 0.29) is 17.5 Å². The van der Waals surface area contributed by atoms with Crippen molar-refractivity contribution in [3.63, 3.8) is 0 Å². The third-order valence-electron chi connectivity index (χ3n) is 4.48. The van der Waals surface area contributed by atoms with Crippen molar-refractivity contribution in [1.82, 2.24) is 25.1 Å². The van der Waals surface area contributed by atoms with Gasteiger partial charge in [0, 0.05) is 37.2 Å². The van der Waals surface area contributed by atoms with Crippen LogP contribution in [0.4, 0.5) is 5.95 Å². The van der Waals surface area contributed by atoms with Gasteiger partial charge in [-0.15, -0.1) is 0 Å². The maximum absolute atomic E-state index is 12.7. The molecule has 7 nitrogen and oxygen atoms in total. The molecule has 1 aliphatic heterocycles. The number of carbonyl (C=O) groups excluding carboxylic acids is 1. The molecule has 1 aliphatic rings. The van der Waals surface area contributed by atoms with Crippen LogP contribution in [0, 0.1) is 6.92 Å². The molecule has 0 saturated carbocycles. The Morgan fingerprint density at radius 3 is 2.64 bits per heavy atom. The molecule has 1 amide bonds. The number of anilines is 1. The number of amides is 1. The Bertz CT molecular complexity index is 734. The predicted molar refractivity (Wildman–Crippen MR) is 96.7 cm³/mol. The van der Waals surface area contributed by atoms with Crippen LogP contribution < -0.4 is 10.2 Å². The lowest BCUT2D eigenvalue weighted by Crippen LogP contribution is -2.48. The number of hydrogen-bond donors (Lipinski definition) is 1. The van der Waals surface area contributed by atoms with Crippen LogP contribution in [0.5, 0.6) is 0 Å². The normalized spacial score (nSPS) is 18.2. The van der Waals surface area contributed by atoms with E-state index < -0.39 is 0 Å². The SMILES string of the molecule is Cc1c(C(=O)NC2CCCN(c3ncccn3)C2)cnn1C(C)(C)C. The van der Waals surface area contributed by atoms with Crippen molar-refractivity contribution < 1.29 is 4.79 Å². The van der Waals surface area contributed by atoms with E-state index in [2.05, 4.69) is 46.1 Å². The lowest BCUT2D eigenvalue weighted by molar-refractivity contribution is 0.0932. The van der Waals surface area contributed by atoms with Crippen molar-refractivity contribution >= 4 is 11.9 Å². The van der Waals surface area contributed by atoms with Crippen LogP contribution in [0.2, 0.25) is 0 Å². The Labute approximate surface area is 148 Å². The average molecular weight is 342 g/mol. The Kier molecular flexibility index (Phi) is 4.74. The minimum absolute atomic E-state index is 0.0613. The lowest BCUT2D eigenvalue weighted by Gasteiger charge is -2.33. The number of piperidine rings is 1. The van der Waals surface area contributed by atoms with Crippen LogP contribution in [0.3, 0.4) is 0 Å². The van der Waals surface area contributed by atoms with Gasteiger partial charge < -0.3 is 10.2 Å². The summed E-state index contributed by atoms with van der Waals surface area (Å²) in [6, 6.07) is 1.89. The standard InChI is InChI=1S/C18H26N6O/c1-13-15(11-21-24(13)18(2,3)4)16(25)22-14-7-5-10-23(12-14)17-19-8-6-9-20-17/h6,8-9,11,14H,5,7,10,12H2,1-4H3,(H,22,25). The molecule has 2 aromatic heterocycles. The molecule has 134 valence electrons. The molecular weight excluding hydrogens is 316 g/mol. The van der Waals surface area contributed by atoms with Gasteiger partial charge in [-0.05, 0) is 46.6 Å². The number of nitrogens with one attached hydrogen (secondary N) is 1. The molecule has 1 fully saturated rings. The van der Waals surface area contributed by atoms with Gasteiger partial charge in [0.25, 0.3) is 5.91 Å². The fourth-order valence-electron chi connectivity index (χ4n) is 3.30. The second kappa shape index (κ2) is 6.82. The summed E-state index contributed by atoms with van der Waals surface area (Å²) in [6.07, 6.45) is 7.12. The van der Waals surface area contributed by atoms with Crippen LogP contribution in [0.15, 0.2) is 24.7 Å². The van der Waals surface area contributed by atoms with Crippen molar-refractivity contribution in [2.24, 2.45) is 0 Å². The smallest absolute Gasteiger partial charge is 0.255 e. The van der Waals surface area contributed by atoms with Crippen molar-refractivity contribution in [1.29, 1.82) is 0 Å². The van der Waals surface area contributed by atoms with Crippen molar-refractivity contribution in [3.8, 4) is 0 Å². The number of nitrogens with zero attached hydrogens (tertiary/aromatic N) is 5. The van der Waals surface area contributed by atoms with E-state index >= 15 is 0 Å². The second-order valence-electron chi connectivity index (χ2n) is 7.53. The van der Waals surface area contributed by atoms with Gasteiger partial charge >= 0.3 is 0 Å². The number of carbonyl (C=O) groups is 1. The monoisotopic (exact) mass is 342 g/mol. The molecule has 0 aliphatic carbocycles. The number of hydrogen-bond acceptors (Lipinski definition) is 5. The first-order valence-corrected chi connectivity index (χ1v) is 8.74. The summed E-state index contributed by atoms with van der Waals surface area (Å²) < 4.78 is 1.90. The van der Waals surface area contributed by atoms with Gasteiger partial charge in [-0.1, -0.05) is 0 Å². The maximum Gasteiger partial charge on any atom is 0.255 e. The van der Waals surface area contributed by atoms with E-state index in [9.17, 15) is 4.79 Å². The molecule has 3 heterocycles. The number of aromatic nitrogens is 4. The van der Waals surface area contributed by atoms with E-state index in [4.69, 9.17) is 0 Å². The maximum atomic E-state index is 12.7. The Morgan fingerprint density at radius 1 is 1.28 bits per heavy atom. The molecule has 0 radical (unpaired) electrons. The zero-order chi connectivity index (χ0) is 18.0. The molecule has 3 rings (SSSR count). The Morgan fingerprint density at radius 2 is 2.00 bits per heavy atom. The average Bonchev–Trinajstić information content (AvgIpc) is 2.98. The Balaban J connectivity index is 1.68. The summed E-state index contributed by atoms with van der Waals surface area (Å²) in [5.41, 5.74) is 1.39. The molecule has 1 saturated heterocycles. The summed E-state index contributed by atoms with van der Waals surface area (Å²) in [6.45, 7) is 9.81. The van der Waals surface area contributed by atoms with Gasteiger partial charge in [0.05, 0.1) is 17.3 Å². The highest BCUT2D eigenvalue weighted by Gasteiger charge is 2.26. The van der Waals surface area contributed by atoms with E-state index in [1.807, 2.05) is 17.7 Å². The van der Waals surface area contributed by atoms with E-state index in [1.54, 1.807) is 18.6 Å². The number of rotatable bonds is 3. The molecule has 2 aromatic rings. The highest BCUT2D eigenvalue weighted by atomic mass is 16.1. The highest BCUT2D eigenvalue weighted by molar-refractivity contribution is 5.95. The largest absolute Gasteiger partial charge is 0.347 e. The third kappa shape index (κ3) is 3.81. The van der Waals surface area contributed by atoms with Crippen LogP contribution in [-0.2, 0) is 5.54 Å². The summed E-state index contributed by atoms with van der Waals surface area (Å²) >= 11 is 0. The zero-order valence-corrected chi connectivity index (χ0v) is 15.4. The van der Waals surface area contributed by atoms with Gasteiger partial charge in [-0.3, -0.25) is 9.48 Å². The molecule has 0 bridgehead atoms. The third-order valence-corrected chi connectivity index (χ3v) is 4.48. The molecule has 1 N–H and O–H groups in total. The molecular formula is C18H26N6O. The van der Waals surface area contributed by atoms with E-state index in [0.29, 0.717) is 5.56 Å². The molecule has 1 unspecified atom stereocenters. The first-order valence-electron chi connectivity index (χ1n) is 8.74. The Hall–Kier alpha value is -2.44. The van der Waals surface area contributed by atoms with Gasteiger partial charge in [0.2, 0.25) is 5.95 Å². The first kappa shape index (κ1) is 17.4. The molecule has 0 spiro atoms. The predicted octanol–water partition coefficient (Wildman–Crippen LogP) is 2.14. The molecule has 1 atom stereocenters. The zero-order valence-electron chi connectivity index (χ0n) is 15.4. The van der Waals surface area contributed by atoms with Gasteiger partial charge in [-0.2, -0.15) is 5.10 Å². The first-order chi connectivity index (χ1) is 11.9. The minimum Gasteiger partial charge on any atom is -0.347 e. The molecule has 0 aromatic carbocycles. The van der Waals surface area contributed by atoms with Crippen LogP contribution in [0.25, 0.3) is 0 Å². The molecule has 7 heteroatoms. The van der Waals surface area contributed by atoms with Crippen molar-refractivity contribution in [2.45, 2.75) is 52.1 Å². The van der Waals surface area contributed by atoms with Gasteiger partial charge in [0.15, 0.2) is 0 Å². The topological polar surface area (TPSA) is 75.9 Å². The van der Waals surface area contributed by atoms with E-state index in [0.717, 1.165) is 37.6 Å². The van der Waals surface area contributed by atoms with Gasteiger partial charge in [-0.25, -0.2) is 9.97 Å². The summed E-state index contributed by atoms with van der Waals surface area (Å²) in [5.74, 6) is 0.659. The van der Waals surface area contributed by atoms with Crippen molar-refractivity contribution in [2.75, 3.05) is 18.0 Å². The summed E-state index contributed by atoms with van der Waals surface area (Å²) in [4.78, 5) is 23.4. The van der Waals surface area contributed by atoms with Crippen LogP contribution in [0.1, 0.15) is 49.7 Å². The summed E-state index contributed by atoms with van der Waals surface area (Å²) in [7, 11) is 0. The molecule has 25 heavy (non-hydrogen) atoms. The lowest BCUT2D eigenvalue weighted by atomic mass is 10.1. The second-order valence-corrected chi connectivity index (χ2v) is 7.53. The quantitative estimate of drug-likeness (QED) is 0.925. The fraction of sp³-hybridized carbons (Fsp3) is 0.556. The van der Waals surface area contributed by atoms with Crippen LogP contribution in [-0.4, -0.2) is 44.8 Å². The summed E-state index contributed by atoms with van der Waals surface area (Å²) in [5, 5.41) is 7.54. The highest BCUT2D eigenvalue weighted by Crippen LogP contribution is 2.19. The van der Waals surface area contributed by atoms with Gasteiger partial charge in [0.1, 0.15) is 0 Å². The fourth-order valence-corrected chi connectivity index (χ4v) is 3.30. The minimum atomic E-state index is -0.144. The van der Waals surface area contributed by atoms with Crippen LogP contribution >= 0.6 is 0 Å². The van der Waals surface area contributed by atoms with Crippen molar-refractivity contribution in [3.05, 3.63) is 35.9 Å². The van der Waals surface area contributed by atoms with E-state index in [1.165, 1.54) is 0 Å².